The molecule has 2 heterocycles. The predicted molar refractivity (Wildman–Crippen MR) is 99.3 cm³/mol. The van der Waals surface area contributed by atoms with Crippen LogP contribution < -0.4 is 9.64 Å². The number of benzene rings is 2. The molecular weight excluding hydrogens is 342 g/mol. The van der Waals surface area contributed by atoms with Gasteiger partial charge in [-0.25, -0.2) is 4.68 Å². The van der Waals surface area contributed by atoms with Gasteiger partial charge in [0.1, 0.15) is 11.4 Å². The van der Waals surface area contributed by atoms with Crippen molar-refractivity contribution >= 4 is 5.69 Å². The van der Waals surface area contributed by atoms with Crippen molar-refractivity contribution in [2.24, 2.45) is 0 Å². The zero-order chi connectivity index (χ0) is 18.6. The number of nitrogens with zero attached hydrogens (tertiary/aromatic N) is 5. The van der Waals surface area contributed by atoms with Crippen LogP contribution in [0.15, 0.2) is 54.7 Å². The van der Waals surface area contributed by atoms with E-state index < -0.39 is 0 Å². The maximum atomic E-state index is 9.25. The van der Waals surface area contributed by atoms with Gasteiger partial charge in [0.25, 0.3) is 0 Å². The Morgan fingerprint density at radius 1 is 1.22 bits per heavy atom. The summed E-state index contributed by atoms with van der Waals surface area (Å²) >= 11 is 0. The summed E-state index contributed by atoms with van der Waals surface area (Å²) in [4.78, 5) is 2.12. The minimum absolute atomic E-state index is 0.318. The molecule has 7 nitrogen and oxygen atoms in total. The second-order valence-corrected chi connectivity index (χ2v) is 6.20. The first-order chi connectivity index (χ1) is 13.3. The number of aromatic nitrogens is 3. The monoisotopic (exact) mass is 361 g/mol. The first-order valence-corrected chi connectivity index (χ1v) is 8.69. The lowest BCUT2D eigenvalue weighted by Gasteiger charge is -2.25. The van der Waals surface area contributed by atoms with Crippen molar-refractivity contribution in [1.29, 1.82) is 5.26 Å². The maximum Gasteiger partial charge on any atom is 0.177 e. The van der Waals surface area contributed by atoms with E-state index in [1.807, 2.05) is 48.7 Å². The fourth-order valence-corrected chi connectivity index (χ4v) is 3.27. The molecule has 1 fully saturated rings. The Morgan fingerprint density at radius 3 is 2.89 bits per heavy atom. The molecule has 1 atom stereocenters. The van der Waals surface area contributed by atoms with Crippen molar-refractivity contribution in [3.05, 3.63) is 71.5 Å². The topological polar surface area (TPSA) is 76.2 Å². The molecule has 0 aliphatic carbocycles. The normalized spacial score (nSPS) is 16.3. The molecule has 27 heavy (non-hydrogen) atoms. The van der Waals surface area contributed by atoms with Crippen LogP contribution in [0.3, 0.4) is 0 Å². The molecule has 0 unspecified atom stereocenters. The fourth-order valence-electron chi connectivity index (χ4n) is 3.27. The second kappa shape index (κ2) is 7.48. The van der Waals surface area contributed by atoms with Crippen molar-refractivity contribution in [2.75, 3.05) is 25.2 Å². The number of ether oxygens (including phenoxy) is 2. The summed E-state index contributed by atoms with van der Waals surface area (Å²) in [6.45, 7) is 1.83. The molecule has 136 valence electrons. The molecule has 1 aromatic heterocycles. The third kappa shape index (κ3) is 3.35. The first kappa shape index (κ1) is 17.1. The van der Waals surface area contributed by atoms with Crippen molar-refractivity contribution in [3.8, 4) is 11.8 Å². The van der Waals surface area contributed by atoms with Gasteiger partial charge in [0.05, 0.1) is 43.8 Å². The summed E-state index contributed by atoms with van der Waals surface area (Å²) in [5.41, 5.74) is 3.24. The Hall–Kier alpha value is -3.37. The highest BCUT2D eigenvalue weighted by Crippen LogP contribution is 2.36. The summed E-state index contributed by atoms with van der Waals surface area (Å²) in [5.74, 6) is 0.795. The molecule has 0 spiro atoms. The molecule has 0 saturated carbocycles. The molecule has 1 saturated heterocycles. The molecule has 2 aromatic carbocycles. The molecule has 0 amide bonds. The number of hydrogen-bond acceptors (Lipinski definition) is 6. The number of methoxy groups -OCH3 is 1. The SMILES string of the molecule is COc1ccccc1N1CCO[C@H]1c1cn(Cc2ccccc2C#N)nn1. The van der Waals surface area contributed by atoms with Crippen LogP contribution in [0.25, 0.3) is 0 Å². The maximum absolute atomic E-state index is 9.25. The van der Waals surface area contributed by atoms with Crippen molar-refractivity contribution < 1.29 is 9.47 Å². The molecule has 1 aliphatic rings. The summed E-state index contributed by atoms with van der Waals surface area (Å²) in [6.07, 6.45) is 1.55. The second-order valence-electron chi connectivity index (χ2n) is 6.20. The van der Waals surface area contributed by atoms with Crippen LogP contribution in [-0.2, 0) is 11.3 Å². The summed E-state index contributed by atoms with van der Waals surface area (Å²) < 4.78 is 13.1. The lowest BCUT2D eigenvalue weighted by molar-refractivity contribution is 0.110. The predicted octanol–water partition coefficient (Wildman–Crippen LogP) is 2.74. The zero-order valence-corrected chi connectivity index (χ0v) is 14.9. The minimum Gasteiger partial charge on any atom is -0.495 e. The van der Waals surface area contributed by atoms with Crippen LogP contribution in [0.5, 0.6) is 5.75 Å². The molecule has 0 bridgehead atoms. The van der Waals surface area contributed by atoms with Crippen molar-refractivity contribution in [2.45, 2.75) is 12.8 Å². The lowest BCUT2D eigenvalue weighted by Crippen LogP contribution is -2.24. The van der Waals surface area contributed by atoms with E-state index in [0.29, 0.717) is 18.7 Å². The Labute approximate surface area is 157 Å². The average Bonchev–Trinajstić information content (AvgIpc) is 3.37. The highest BCUT2D eigenvalue weighted by molar-refractivity contribution is 5.59. The van der Waals surface area contributed by atoms with E-state index in [1.54, 1.807) is 17.9 Å². The van der Waals surface area contributed by atoms with E-state index >= 15 is 0 Å². The van der Waals surface area contributed by atoms with E-state index in [-0.39, 0.29) is 6.23 Å². The lowest BCUT2D eigenvalue weighted by atomic mass is 10.1. The molecule has 3 aromatic rings. The minimum atomic E-state index is -0.318. The largest absolute Gasteiger partial charge is 0.495 e. The number of para-hydroxylation sites is 2. The Bertz CT molecular complexity index is 978. The van der Waals surface area contributed by atoms with Gasteiger partial charge >= 0.3 is 0 Å². The third-order valence-corrected chi connectivity index (χ3v) is 4.57. The van der Waals surface area contributed by atoms with Gasteiger partial charge in [-0.2, -0.15) is 5.26 Å². The number of anilines is 1. The quantitative estimate of drug-likeness (QED) is 0.695. The molecule has 1 aliphatic heterocycles. The number of rotatable bonds is 5. The van der Waals surface area contributed by atoms with E-state index in [4.69, 9.17) is 9.47 Å². The van der Waals surface area contributed by atoms with Crippen molar-refractivity contribution in [3.63, 3.8) is 0 Å². The van der Waals surface area contributed by atoms with E-state index in [0.717, 1.165) is 29.2 Å². The van der Waals surface area contributed by atoms with Crippen LogP contribution >= 0.6 is 0 Å². The van der Waals surface area contributed by atoms with Gasteiger partial charge in [-0.1, -0.05) is 35.5 Å². The summed E-state index contributed by atoms with van der Waals surface area (Å²) in [6, 6.07) is 17.6. The number of nitriles is 1. The van der Waals surface area contributed by atoms with Gasteiger partial charge in [-0.05, 0) is 23.8 Å². The van der Waals surface area contributed by atoms with Gasteiger partial charge < -0.3 is 14.4 Å². The van der Waals surface area contributed by atoms with E-state index in [1.165, 1.54) is 0 Å². The van der Waals surface area contributed by atoms with Gasteiger partial charge in [0.2, 0.25) is 0 Å². The van der Waals surface area contributed by atoms with Crippen LogP contribution in [0.2, 0.25) is 0 Å². The van der Waals surface area contributed by atoms with Gasteiger partial charge in [0.15, 0.2) is 6.23 Å². The van der Waals surface area contributed by atoms with Gasteiger partial charge in [0, 0.05) is 6.54 Å². The Morgan fingerprint density at radius 2 is 2.04 bits per heavy atom. The Balaban J connectivity index is 1.58. The van der Waals surface area contributed by atoms with Crippen LogP contribution in [0.1, 0.15) is 23.0 Å². The number of hydrogen-bond donors (Lipinski definition) is 0. The Kier molecular flexibility index (Phi) is 4.73. The summed E-state index contributed by atoms with van der Waals surface area (Å²) in [5, 5.41) is 17.8. The van der Waals surface area contributed by atoms with Crippen LogP contribution in [-0.4, -0.2) is 35.3 Å². The van der Waals surface area contributed by atoms with Gasteiger partial charge in [-0.15, -0.1) is 5.10 Å². The average molecular weight is 361 g/mol. The molecule has 7 heteroatoms. The molecule has 0 N–H and O–H groups in total. The van der Waals surface area contributed by atoms with Gasteiger partial charge in [-0.3, -0.25) is 0 Å². The van der Waals surface area contributed by atoms with Crippen LogP contribution in [0.4, 0.5) is 5.69 Å². The molecule has 0 radical (unpaired) electrons. The van der Waals surface area contributed by atoms with E-state index in [9.17, 15) is 5.26 Å². The van der Waals surface area contributed by atoms with Crippen LogP contribution in [0, 0.1) is 11.3 Å². The highest BCUT2D eigenvalue weighted by atomic mass is 16.5. The summed E-state index contributed by atoms with van der Waals surface area (Å²) in [7, 11) is 1.66. The first-order valence-electron chi connectivity index (χ1n) is 8.69. The van der Waals surface area contributed by atoms with Crippen molar-refractivity contribution in [1.82, 2.24) is 15.0 Å². The van der Waals surface area contributed by atoms with E-state index in [2.05, 4.69) is 21.3 Å². The standard InChI is InChI=1S/C20H19N5O2/c1-26-19-9-5-4-8-18(19)25-10-11-27-20(25)17-14-24(23-22-17)13-16-7-3-2-6-15(16)12-21/h2-9,14,20H,10-11,13H2,1H3/t20-/m0/s1. The fraction of sp³-hybridized carbons (Fsp3) is 0.250. The molecule has 4 rings (SSSR count). The zero-order valence-electron chi connectivity index (χ0n) is 14.9. The molecular formula is C20H19N5O2. The smallest absolute Gasteiger partial charge is 0.177 e. The third-order valence-electron chi connectivity index (χ3n) is 4.57. The highest BCUT2D eigenvalue weighted by Gasteiger charge is 2.31.